The van der Waals surface area contributed by atoms with E-state index in [1.807, 2.05) is 20.8 Å². The van der Waals surface area contributed by atoms with Crippen LogP contribution in [0.15, 0.2) is 5.11 Å². The van der Waals surface area contributed by atoms with E-state index in [0.29, 0.717) is 13.0 Å². The summed E-state index contributed by atoms with van der Waals surface area (Å²) in [5.41, 5.74) is 7.81. The molecule has 1 amide bonds. The second-order valence-electron chi connectivity index (χ2n) is 5.57. The van der Waals surface area contributed by atoms with Crippen molar-refractivity contribution >= 4 is 6.09 Å². The summed E-state index contributed by atoms with van der Waals surface area (Å²) in [6.45, 7) is 6.76. The highest BCUT2D eigenvalue weighted by atomic mass is 16.6. The van der Waals surface area contributed by atoms with Crippen molar-refractivity contribution in [3.05, 3.63) is 10.4 Å². The van der Waals surface area contributed by atoms with Gasteiger partial charge in [-0.25, -0.2) is 4.79 Å². The van der Waals surface area contributed by atoms with Crippen LogP contribution >= 0.6 is 0 Å². The van der Waals surface area contributed by atoms with Gasteiger partial charge in [0.2, 0.25) is 0 Å². The minimum atomic E-state index is -0.468. The molecule has 1 atom stereocenters. The van der Waals surface area contributed by atoms with Gasteiger partial charge in [0, 0.05) is 24.0 Å². The first-order chi connectivity index (χ1) is 8.44. The predicted molar refractivity (Wildman–Crippen MR) is 69.2 cm³/mol. The molecule has 6 nitrogen and oxygen atoms in total. The van der Waals surface area contributed by atoms with Gasteiger partial charge < -0.3 is 9.64 Å². The Labute approximate surface area is 108 Å². The summed E-state index contributed by atoms with van der Waals surface area (Å²) in [5.74, 6) is 0. The number of carbonyl (C=O) groups excluding carboxylic acids is 1. The third kappa shape index (κ3) is 4.84. The number of piperidine rings is 1. The van der Waals surface area contributed by atoms with Crippen LogP contribution in [0.4, 0.5) is 4.79 Å². The van der Waals surface area contributed by atoms with E-state index < -0.39 is 5.60 Å². The number of carbonyl (C=O) groups is 1. The van der Waals surface area contributed by atoms with Gasteiger partial charge >= 0.3 is 6.09 Å². The largest absolute Gasteiger partial charge is 0.444 e. The van der Waals surface area contributed by atoms with Gasteiger partial charge in [-0.05, 0) is 52.0 Å². The standard InChI is InChI=1S/C12H22N4O2/c1-12(2,3)18-11(17)16-9-5-4-6-10(16)7-8-14-15-13/h10H,4-9H2,1-3H3/t10-/m1/s1. The van der Waals surface area contributed by atoms with Crippen molar-refractivity contribution in [2.75, 3.05) is 13.1 Å². The van der Waals surface area contributed by atoms with E-state index in [9.17, 15) is 4.79 Å². The van der Waals surface area contributed by atoms with Crippen LogP contribution in [0.2, 0.25) is 0 Å². The van der Waals surface area contributed by atoms with Crippen molar-refractivity contribution in [3.63, 3.8) is 0 Å². The van der Waals surface area contributed by atoms with Gasteiger partial charge in [0.05, 0.1) is 0 Å². The Morgan fingerprint density at radius 2 is 2.22 bits per heavy atom. The minimum Gasteiger partial charge on any atom is -0.444 e. The average molecular weight is 254 g/mol. The molecule has 0 radical (unpaired) electrons. The van der Waals surface area contributed by atoms with Crippen molar-refractivity contribution in [3.8, 4) is 0 Å². The van der Waals surface area contributed by atoms with E-state index in [-0.39, 0.29) is 12.1 Å². The fraction of sp³-hybridized carbons (Fsp3) is 0.917. The molecule has 0 aliphatic carbocycles. The normalized spacial score (nSPS) is 20.2. The first-order valence-corrected chi connectivity index (χ1v) is 6.44. The van der Waals surface area contributed by atoms with Crippen molar-refractivity contribution in [2.45, 2.75) is 58.1 Å². The lowest BCUT2D eigenvalue weighted by Crippen LogP contribution is -2.46. The van der Waals surface area contributed by atoms with Crippen LogP contribution < -0.4 is 0 Å². The molecule has 0 aromatic rings. The zero-order valence-electron chi connectivity index (χ0n) is 11.4. The Morgan fingerprint density at radius 3 is 2.83 bits per heavy atom. The maximum atomic E-state index is 12.1. The SMILES string of the molecule is CC(C)(C)OC(=O)N1CCCC[C@@H]1CCN=[N+]=[N-]. The summed E-state index contributed by atoms with van der Waals surface area (Å²) in [6, 6.07) is 0.138. The molecule has 0 unspecified atom stereocenters. The smallest absolute Gasteiger partial charge is 0.410 e. The fourth-order valence-corrected chi connectivity index (χ4v) is 2.11. The van der Waals surface area contributed by atoms with E-state index in [4.69, 9.17) is 10.3 Å². The monoisotopic (exact) mass is 254 g/mol. The number of likely N-dealkylation sites (tertiary alicyclic amines) is 1. The maximum Gasteiger partial charge on any atom is 0.410 e. The van der Waals surface area contributed by atoms with Gasteiger partial charge in [0.1, 0.15) is 5.60 Å². The van der Waals surface area contributed by atoms with Gasteiger partial charge in [0.25, 0.3) is 0 Å². The molecule has 1 fully saturated rings. The summed E-state index contributed by atoms with van der Waals surface area (Å²) < 4.78 is 5.40. The van der Waals surface area contributed by atoms with Crippen LogP contribution in [0.3, 0.4) is 0 Å². The highest BCUT2D eigenvalue weighted by molar-refractivity contribution is 5.68. The second kappa shape index (κ2) is 6.50. The Bertz CT molecular complexity index is 331. The van der Waals surface area contributed by atoms with Crippen molar-refractivity contribution in [1.82, 2.24) is 4.90 Å². The number of nitrogens with zero attached hydrogens (tertiary/aromatic N) is 4. The third-order valence-electron chi connectivity index (χ3n) is 2.88. The highest BCUT2D eigenvalue weighted by Gasteiger charge is 2.29. The lowest BCUT2D eigenvalue weighted by Gasteiger charge is -2.36. The zero-order valence-corrected chi connectivity index (χ0v) is 11.4. The quantitative estimate of drug-likeness (QED) is 0.439. The molecule has 1 saturated heterocycles. The van der Waals surface area contributed by atoms with E-state index >= 15 is 0 Å². The molecule has 0 bridgehead atoms. The molecule has 1 rings (SSSR count). The van der Waals surface area contributed by atoms with Crippen LogP contribution in [0, 0.1) is 0 Å². The van der Waals surface area contributed by atoms with Gasteiger partial charge in [-0.3, -0.25) is 0 Å². The first-order valence-electron chi connectivity index (χ1n) is 6.44. The Balaban J connectivity index is 2.58. The van der Waals surface area contributed by atoms with Crippen molar-refractivity contribution in [2.24, 2.45) is 5.11 Å². The lowest BCUT2D eigenvalue weighted by atomic mass is 10.00. The third-order valence-corrected chi connectivity index (χ3v) is 2.88. The van der Waals surface area contributed by atoms with Gasteiger partial charge in [0.15, 0.2) is 0 Å². The summed E-state index contributed by atoms with van der Waals surface area (Å²) in [4.78, 5) is 16.6. The number of rotatable bonds is 3. The lowest BCUT2D eigenvalue weighted by molar-refractivity contribution is 0.00919. The minimum absolute atomic E-state index is 0.138. The average Bonchev–Trinajstić information content (AvgIpc) is 2.27. The van der Waals surface area contributed by atoms with E-state index in [1.165, 1.54) is 0 Å². The van der Waals surface area contributed by atoms with Crippen LogP contribution in [0.5, 0.6) is 0 Å². The summed E-state index contributed by atoms with van der Waals surface area (Å²) in [5, 5.41) is 3.54. The molecule has 0 saturated carbocycles. The second-order valence-corrected chi connectivity index (χ2v) is 5.57. The number of azide groups is 1. The molecule has 1 heterocycles. The first kappa shape index (κ1) is 14.6. The Morgan fingerprint density at radius 1 is 1.50 bits per heavy atom. The summed E-state index contributed by atoms with van der Waals surface area (Å²) in [7, 11) is 0. The Kier molecular flexibility index (Phi) is 5.28. The molecular formula is C12H22N4O2. The topological polar surface area (TPSA) is 78.3 Å². The molecule has 1 aliphatic rings. The van der Waals surface area contributed by atoms with Crippen molar-refractivity contribution in [1.29, 1.82) is 0 Å². The van der Waals surface area contributed by atoms with Crippen LogP contribution in [-0.2, 0) is 4.74 Å². The molecule has 102 valence electrons. The van der Waals surface area contributed by atoms with Crippen LogP contribution in [0.1, 0.15) is 46.5 Å². The fourth-order valence-electron chi connectivity index (χ4n) is 2.11. The molecule has 1 aliphatic heterocycles. The van der Waals surface area contributed by atoms with E-state index in [1.54, 1.807) is 4.90 Å². The molecule has 18 heavy (non-hydrogen) atoms. The Hall–Kier alpha value is -1.42. The van der Waals surface area contributed by atoms with Crippen LogP contribution in [0.25, 0.3) is 10.4 Å². The van der Waals surface area contributed by atoms with E-state index in [0.717, 1.165) is 25.8 Å². The molecule has 6 heteroatoms. The van der Waals surface area contributed by atoms with Gasteiger partial charge in [-0.2, -0.15) is 0 Å². The molecular weight excluding hydrogens is 232 g/mol. The molecule has 0 spiro atoms. The molecule has 0 aromatic heterocycles. The summed E-state index contributed by atoms with van der Waals surface area (Å²) >= 11 is 0. The van der Waals surface area contributed by atoms with Gasteiger partial charge in [-0.1, -0.05) is 5.11 Å². The zero-order chi connectivity index (χ0) is 13.6. The number of hydrogen-bond acceptors (Lipinski definition) is 3. The van der Waals surface area contributed by atoms with Crippen LogP contribution in [-0.4, -0.2) is 35.7 Å². The molecule has 0 N–H and O–H groups in total. The van der Waals surface area contributed by atoms with Crippen molar-refractivity contribution < 1.29 is 9.53 Å². The number of ether oxygens (including phenoxy) is 1. The molecule has 0 aromatic carbocycles. The number of hydrogen-bond donors (Lipinski definition) is 0. The van der Waals surface area contributed by atoms with Gasteiger partial charge in [-0.15, -0.1) is 0 Å². The maximum absolute atomic E-state index is 12.1. The van der Waals surface area contributed by atoms with E-state index in [2.05, 4.69) is 10.0 Å². The number of amides is 1. The summed E-state index contributed by atoms with van der Waals surface area (Å²) in [6.07, 6.45) is 3.54. The predicted octanol–water partition coefficient (Wildman–Crippen LogP) is 3.48. The highest BCUT2D eigenvalue weighted by Crippen LogP contribution is 2.22.